The summed E-state index contributed by atoms with van der Waals surface area (Å²) in [5.74, 6) is 0.385. The van der Waals surface area contributed by atoms with Gasteiger partial charge >= 0.3 is 0 Å². The van der Waals surface area contributed by atoms with E-state index in [-0.39, 0.29) is 17.5 Å². The lowest BCUT2D eigenvalue weighted by molar-refractivity contribution is -0.155. The monoisotopic (exact) mass is 541 g/mol. The highest BCUT2D eigenvalue weighted by atomic mass is 16.5. The van der Waals surface area contributed by atoms with Gasteiger partial charge in [0.15, 0.2) is 0 Å². The Labute approximate surface area is 231 Å². The molecule has 0 bridgehead atoms. The molecular weight excluding hydrogens is 498 g/mol. The summed E-state index contributed by atoms with van der Waals surface area (Å²) in [5, 5.41) is 3.40. The number of pyridine rings is 1. The molecule has 0 unspecified atom stereocenters. The van der Waals surface area contributed by atoms with Crippen molar-refractivity contribution in [1.29, 1.82) is 0 Å². The first-order valence-corrected chi connectivity index (χ1v) is 13.9. The predicted molar refractivity (Wildman–Crippen MR) is 149 cm³/mol. The summed E-state index contributed by atoms with van der Waals surface area (Å²) in [4.78, 5) is 28.9. The average molecular weight is 542 g/mol. The summed E-state index contributed by atoms with van der Waals surface area (Å²) in [5.41, 5.74) is 1.99. The van der Waals surface area contributed by atoms with Crippen LogP contribution in [-0.2, 0) is 44.6 Å². The van der Waals surface area contributed by atoms with Crippen molar-refractivity contribution in [3.05, 3.63) is 63.6 Å². The van der Waals surface area contributed by atoms with Gasteiger partial charge in [0, 0.05) is 66.4 Å². The number of rotatable bonds is 14. The van der Waals surface area contributed by atoms with Crippen molar-refractivity contribution in [2.24, 2.45) is 13.0 Å². The molecule has 2 fully saturated rings. The van der Waals surface area contributed by atoms with E-state index in [0.29, 0.717) is 45.9 Å². The van der Waals surface area contributed by atoms with E-state index in [2.05, 4.69) is 17.4 Å². The Bertz CT molecular complexity index is 1140. The predicted octanol–water partition coefficient (Wildman–Crippen LogP) is 2.63. The third kappa shape index (κ3) is 7.08. The van der Waals surface area contributed by atoms with Gasteiger partial charge in [-0.2, -0.15) is 0 Å². The maximum Gasteiger partial charge on any atom is 0.250 e. The van der Waals surface area contributed by atoms with Crippen LogP contribution in [0.5, 0.6) is 5.75 Å². The number of carbonyl (C=O) groups excluding carboxylic acids is 1. The van der Waals surface area contributed by atoms with Crippen LogP contribution in [0.25, 0.3) is 0 Å². The van der Waals surface area contributed by atoms with Gasteiger partial charge in [0.1, 0.15) is 18.0 Å². The van der Waals surface area contributed by atoms with Crippen LogP contribution in [0.1, 0.15) is 42.4 Å². The SMILES string of the molecule is COCCCc1cc(CN(C(=O)[C@H]2CNCC[C@@]2(OC)c2ccn(C)c(=O)c2)C2CC2)cc(OCCOC)c1. The number of piperidine rings is 1. The molecular formula is C30H43N3O6. The summed E-state index contributed by atoms with van der Waals surface area (Å²) < 4.78 is 24.1. The van der Waals surface area contributed by atoms with Crippen molar-refractivity contribution in [3.8, 4) is 5.75 Å². The minimum Gasteiger partial charge on any atom is -0.491 e. The first-order chi connectivity index (χ1) is 18.9. The highest BCUT2D eigenvalue weighted by Crippen LogP contribution is 2.41. The highest BCUT2D eigenvalue weighted by molar-refractivity contribution is 5.81. The molecule has 2 aliphatic rings. The van der Waals surface area contributed by atoms with Crippen LogP contribution in [0.15, 0.2) is 41.3 Å². The standard InChI is InChI=1S/C30H43N3O6/c1-32-12-9-24(19-28(32)34)30(38-4)10-11-31-20-27(30)29(35)33(25-7-8-25)21-23-16-22(6-5-13-36-2)17-26(18-23)39-15-14-37-3/h9,12,16-19,25,27,31H,5-8,10-11,13-15,20-21H2,1-4H3/t27-,30-/m1/s1. The number of ether oxygens (including phenoxy) is 4. The maximum atomic E-state index is 14.3. The first kappa shape index (κ1) is 29.3. The number of nitrogens with zero attached hydrogens (tertiary/aromatic N) is 2. The van der Waals surface area contributed by atoms with E-state index in [1.165, 1.54) is 4.57 Å². The van der Waals surface area contributed by atoms with Crippen LogP contribution in [0.4, 0.5) is 0 Å². The lowest BCUT2D eigenvalue weighted by Gasteiger charge is -2.44. The number of nitrogens with one attached hydrogen (secondary N) is 1. The van der Waals surface area contributed by atoms with Gasteiger partial charge < -0.3 is 33.7 Å². The number of hydrogen-bond donors (Lipinski definition) is 1. The van der Waals surface area contributed by atoms with Gasteiger partial charge in [-0.1, -0.05) is 6.07 Å². The minimum atomic E-state index is -0.862. The number of aromatic nitrogens is 1. The molecule has 1 amide bonds. The van der Waals surface area contributed by atoms with E-state index in [1.54, 1.807) is 40.6 Å². The maximum absolute atomic E-state index is 14.3. The van der Waals surface area contributed by atoms with Crippen molar-refractivity contribution in [1.82, 2.24) is 14.8 Å². The Kier molecular flexibility index (Phi) is 10.2. The molecule has 9 nitrogen and oxygen atoms in total. The van der Waals surface area contributed by atoms with Crippen LogP contribution in [0, 0.1) is 5.92 Å². The van der Waals surface area contributed by atoms with Gasteiger partial charge in [-0.25, -0.2) is 0 Å². The summed E-state index contributed by atoms with van der Waals surface area (Å²) in [6, 6.07) is 9.99. The van der Waals surface area contributed by atoms with Gasteiger partial charge in [-0.15, -0.1) is 0 Å². The average Bonchev–Trinajstić information content (AvgIpc) is 3.78. The van der Waals surface area contributed by atoms with E-state index in [9.17, 15) is 9.59 Å². The minimum absolute atomic E-state index is 0.0545. The molecule has 4 rings (SSSR count). The van der Waals surface area contributed by atoms with Gasteiger partial charge in [0.05, 0.1) is 12.5 Å². The second-order valence-corrected chi connectivity index (χ2v) is 10.6. The Morgan fingerprint density at radius 2 is 1.85 bits per heavy atom. The lowest BCUT2D eigenvalue weighted by Crippen LogP contribution is -2.56. The Hall–Kier alpha value is -2.72. The van der Waals surface area contributed by atoms with Crippen LogP contribution < -0.4 is 15.6 Å². The van der Waals surface area contributed by atoms with E-state index in [0.717, 1.165) is 48.1 Å². The summed E-state index contributed by atoms with van der Waals surface area (Å²) >= 11 is 0. The van der Waals surface area contributed by atoms with Gasteiger partial charge in [-0.05, 0) is 73.5 Å². The Balaban J connectivity index is 1.62. The zero-order valence-electron chi connectivity index (χ0n) is 23.7. The largest absolute Gasteiger partial charge is 0.491 e. The molecule has 1 saturated heterocycles. The number of carbonyl (C=O) groups is 1. The normalized spacial score (nSPS) is 21.1. The fourth-order valence-electron chi connectivity index (χ4n) is 5.55. The fraction of sp³-hybridized carbons (Fsp3) is 0.600. The third-order valence-electron chi connectivity index (χ3n) is 7.86. The number of benzene rings is 1. The molecule has 1 saturated carbocycles. The molecule has 1 aromatic heterocycles. The van der Waals surface area contributed by atoms with Crippen LogP contribution >= 0.6 is 0 Å². The second-order valence-electron chi connectivity index (χ2n) is 10.6. The van der Waals surface area contributed by atoms with E-state index < -0.39 is 11.5 Å². The fourth-order valence-corrected chi connectivity index (χ4v) is 5.55. The van der Waals surface area contributed by atoms with Crippen molar-refractivity contribution in [3.63, 3.8) is 0 Å². The van der Waals surface area contributed by atoms with Crippen LogP contribution in [0.2, 0.25) is 0 Å². The zero-order chi connectivity index (χ0) is 27.8. The Morgan fingerprint density at radius 1 is 1.08 bits per heavy atom. The first-order valence-electron chi connectivity index (χ1n) is 13.9. The smallest absolute Gasteiger partial charge is 0.250 e. The molecule has 2 heterocycles. The van der Waals surface area contributed by atoms with Crippen molar-refractivity contribution >= 4 is 5.91 Å². The number of aryl methyl sites for hydroxylation is 2. The molecule has 1 aromatic carbocycles. The van der Waals surface area contributed by atoms with Crippen molar-refractivity contribution in [2.45, 2.75) is 50.3 Å². The van der Waals surface area contributed by atoms with Gasteiger partial charge in [0.25, 0.3) is 5.56 Å². The highest BCUT2D eigenvalue weighted by Gasteiger charge is 2.49. The quantitative estimate of drug-likeness (QED) is 0.368. The number of amides is 1. The summed E-state index contributed by atoms with van der Waals surface area (Å²) in [6.07, 6.45) is 6.11. The van der Waals surface area contributed by atoms with Crippen LogP contribution in [0.3, 0.4) is 0 Å². The zero-order valence-corrected chi connectivity index (χ0v) is 23.7. The van der Waals surface area contributed by atoms with Gasteiger partial charge in [0.2, 0.25) is 5.91 Å². The molecule has 1 N–H and O–H groups in total. The molecule has 1 aliphatic carbocycles. The molecule has 2 aromatic rings. The molecule has 0 spiro atoms. The molecule has 214 valence electrons. The summed E-state index contributed by atoms with van der Waals surface area (Å²) in [7, 11) is 6.74. The second kappa shape index (κ2) is 13.6. The molecule has 39 heavy (non-hydrogen) atoms. The third-order valence-corrected chi connectivity index (χ3v) is 7.86. The van der Waals surface area contributed by atoms with Crippen molar-refractivity contribution < 1.29 is 23.7 Å². The van der Waals surface area contributed by atoms with Crippen molar-refractivity contribution in [2.75, 3.05) is 54.2 Å². The molecule has 1 aliphatic heterocycles. The van der Waals surface area contributed by atoms with Gasteiger partial charge in [-0.3, -0.25) is 9.59 Å². The number of hydrogen-bond acceptors (Lipinski definition) is 7. The summed E-state index contributed by atoms with van der Waals surface area (Å²) in [6.45, 7) is 3.35. The topological polar surface area (TPSA) is 91.3 Å². The Morgan fingerprint density at radius 3 is 2.54 bits per heavy atom. The molecule has 0 radical (unpaired) electrons. The van der Waals surface area contributed by atoms with E-state index in [1.807, 2.05) is 17.0 Å². The van der Waals surface area contributed by atoms with Crippen LogP contribution in [-0.4, -0.2) is 75.7 Å². The lowest BCUT2D eigenvalue weighted by atomic mass is 9.75. The number of methoxy groups -OCH3 is 3. The van der Waals surface area contributed by atoms with E-state index >= 15 is 0 Å². The van der Waals surface area contributed by atoms with E-state index in [4.69, 9.17) is 18.9 Å². The molecule has 9 heteroatoms. The molecule has 2 atom stereocenters.